The van der Waals surface area contributed by atoms with Crippen molar-refractivity contribution in [2.75, 3.05) is 13.2 Å². The Balaban J connectivity index is 3.11. The molecule has 24 heavy (non-hydrogen) atoms. The van der Waals surface area contributed by atoms with Gasteiger partial charge in [-0.15, -0.1) is 0 Å². The molecule has 1 aromatic carbocycles. The van der Waals surface area contributed by atoms with Crippen LogP contribution in [0.15, 0.2) is 35.9 Å². The van der Waals surface area contributed by atoms with E-state index < -0.39 is 17.9 Å². The van der Waals surface area contributed by atoms with Crippen molar-refractivity contribution in [1.29, 1.82) is 0 Å². The van der Waals surface area contributed by atoms with Gasteiger partial charge in [0, 0.05) is 6.42 Å². The average molecular weight is 332 g/mol. The first-order chi connectivity index (χ1) is 11.5. The quantitative estimate of drug-likeness (QED) is 0.395. The van der Waals surface area contributed by atoms with Crippen molar-refractivity contribution in [3.05, 3.63) is 41.5 Å². The van der Waals surface area contributed by atoms with Gasteiger partial charge in [-0.25, -0.2) is 0 Å². The summed E-state index contributed by atoms with van der Waals surface area (Å²) in [5.41, 5.74) is 1.25. The summed E-state index contributed by atoms with van der Waals surface area (Å²) < 4.78 is 9.92. The van der Waals surface area contributed by atoms with Crippen LogP contribution >= 0.6 is 0 Å². The lowest BCUT2D eigenvalue weighted by molar-refractivity contribution is -0.161. The molecule has 0 saturated heterocycles. The standard InChI is InChI=1S/C19H24O5/c1-4-17(20)15(12-14-10-8-7-9-11-14)13-16(18(21)23-5-2)19(22)24-6-3/h7-12,16H,4-6,13H2,1-3H3/b15-12+. The first-order valence-electron chi connectivity index (χ1n) is 8.15. The fraction of sp³-hybridized carbons (Fsp3) is 0.421. The highest BCUT2D eigenvalue weighted by molar-refractivity contribution is 6.02. The number of hydrogen-bond donors (Lipinski definition) is 0. The van der Waals surface area contributed by atoms with Crippen molar-refractivity contribution in [2.45, 2.75) is 33.6 Å². The smallest absolute Gasteiger partial charge is 0.320 e. The molecule has 0 atom stereocenters. The van der Waals surface area contributed by atoms with E-state index in [1.54, 1.807) is 26.8 Å². The molecule has 0 saturated carbocycles. The highest BCUT2D eigenvalue weighted by atomic mass is 16.6. The number of benzene rings is 1. The van der Waals surface area contributed by atoms with Crippen LogP contribution in [0.4, 0.5) is 0 Å². The second-order valence-electron chi connectivity index (χ2n) is 5.12. The number of Topliss-reactive ketones (excluding diaryl/α,β-unsaturated/α-hetero) is 1. The van der Waals surface area contributed by atoms with E-state index in [0.29, 0.717) is 5.57 Å². The van der Waals surface area contributed by atoms with E-state index in [-0.39, 0.29) is 31.8 Å². The van der Waals surface area contributed by atoms with Gasteiger partial charge in [0.25, 0.3) is 0 Å². The van der Waals surface area contributed by atoms with E-state index >= 15 is 0 Å². The van der Waals surface area contributed by atoms with Crippen molar-refractivity contribution < 1.29 is 23.9 Å². The summed E-state index contributed by atoms with van der Waals surface area (Å²) in [6.07, 6.45) is 1.97. The summed E-state index contributed by atoms with van der Waals surface area (Å²) in [6.45, 7) is 5.39. The zero-order valence-electron chi connectivity index (χ0n) is 14.4. The topological polar surface area (TPSA) is 69.7 Å². The number of hydrogen-bond acceptors (Lipinski definition) is 5. The second kappa shape index (κ2) is 10.4. The Bertz CT molecular complexity index is 571. The Labute approximate surface area is 142 Å². The van der Waals surface area contributed by atoms with Crippen LogP contribution in [0.2, 0.25) is 0 Å². The molecule has 0 aromatic heterocycles. The molecule has 5 heteroatoms. The summed E-state index contributed by atoms with van der Waals surface area (Å²) in [5, 5.41) is 0. The fourth-order valence-electron chi connectivity index (χ4n) is 2.20. The lowest BCUT2D eigenvalue weighted by Gasteiger charge is -2.15. The third-order valence-electron chi connectivity index (χ3n) is 3.39. The number of allylic oxidation sites excluding steroid dienone is 1. The van der Waals surface area contributed by atoms with Gasteiger partial charge in [-0.2, -0.15) is 0 Å². The molecule has 0 unspecified atom stereocenters. The molecule has 0 aliphatic heterocycles. The van der Waals surface area contributed by atoms with Crippen LogP contribution in [0.25, 0.3) is 6.08 Å². The van der Waals surface area contributed by atoms with Crippen molar-refractivity contribution in [3.63, 3.8) is 0 Å². The van der Waals surface area contributed by atoms with Crippen LogP contribution in [-0.4, -0.2) is 30.9 Å². The molecule has 0 heterocycles. The monoisotopic (exact) mass is 332 g/mol. The zero-order chi connectivity index (χ0) is 17.9. The number of carbonyl (C=O) groups is 3. The second-order valence-corrected chi connectivity index (χ2v) is 5.12. The van der Waals surface area contributed by atoms with Crippen LogP contribution in [0.3, 0.4) is 0 Å². The minimum Gasteiger partial charge on any atom is -0.465 e. The average Bonchev–Trinajstić information content (AvgIpc) is 2.59. The van der Waals surface area contributed by atoms with E-state index in [2.05, 4.69) is 0 Å². The van der Waals surface area contributed by atoms with E-state index in [4.69, 9.17) is 9.47 Å². The first-order valence-corrected chi connectivity index (χ1v) is 8.15. The van der Waals surface area contributed by atoms with Crippen LogP contribution in [0.1, 0.15) is 39.2 Å². The number of rotatable bonds is 9. The Morgan fingerprint density at radius 3 is 1.96 bits per heavy atom. The van der Waals surface area contributed by atoms with E-state index in [1.807, 2.05) is 30.3 Å². The summed E-state index contributed by atoms with van der Waals surface area (Å²) in [5.74, 6) is -2.58. The van der Waals surface area contributed by atoms with Gasteiger partial charge in [0.1, 0.15) is 0 Å². The van der Waals surface area contributed by atoms with E-state index in [9.17, 15) is 14.4 Å². The molecule has 0 bridgehead atoms. The third-order valence-corrected chi connectivity index (χ3v) is 3.39. The zero-order valence-corrected chi connectivity index (χ0v) is 14.4. The van der Waals surface area contributed by atoms with Gasteiger partial charge >= 0.3 is 11.9 Å². The largest absolute Gasteiger partial charge is 0.465 e. The summed E-state index contributed by atoms with van der Waals surface area (Å²) >= 11 is 0. The molecule has 1 aromatic rings. The normalized spacial score (nSPS) is 11.2. The Hall–Kier alpha value is -2.43. The minimum atomic E-state index is -1.13. The fourth-order valence-corrected chi connectivity index (χ4v) is 2.20. The molecule has 130 valence electrons. The van der Waals surface area contributed by atoms with Crippen LogP contribution in [0.5, 0.6) is 0 Å². The molecule has 5 nitrogen and oxygen atoms in total. The molecule has 0 amide bonds. The maximum absolute atomic E-state index is 12.2. The van der Waals surface area contributed by atoms with Gasteiger partial charge in [0.05, 0.1) is 13.2 Å². The summed E-state index contributed by atoms with van der Waals surface area (Å²) in [4.78, 5) is 36.4. The molecule has 1 rings (SSSR count). The molecule has 0 aliphatic rings. The maximum Gasteiger partial charge on any atom is 0.320 e. The Morgan fingerprint density at radius 1 is 0.958 bits per heavy atom. The number of carbonyl (C=O) groups excluding carboxylic acids is 3. The molecule has 0 radical (unpaired) electrons. The molecule has 0 aliphatic carbocycles. The van der Waals surface area contributed by atoms with Crippen LogP contribution in [0, 0.1) is 5.92 Å². The maximum atomic E-state index is 12.2. The Kier molecular flexibility index (Phi) is 8.47. The van der Waals surface area contributed by atoms with Crippen LogP contribution in [-0.2, 0) is 23.9 Å². The molecular formula is C19H24O5. The Morgan fingerprint density at radius 2 is 1.50 bits per heavy atom. The SMILES string of the molecule is CCOC(=O)C(C/C(=C\c1ccccc1)C(=O)CC)C(=O)OCC. The number of esters is 2. The highest BCUT2D eigenvalue weighted by Gasteiger charge is 2.31. The van der Waals surface area contributed by atoms with Gasteiger partial charge in [0.15, 0.2) is 11.7 Å². The van der Waals surface area contributed by atoms with Gasteiger partial charge in [-0.1, -0.05) is 37.3 Å². The van der Waals surface area contributed by atoms with E-state index in [0.717, 1.165) is 5.56 Å². The van der Waals surface area contributed by atoms with Gasteiger partial charge < -0.3 is 9.47 Å². The van der Waals surface area contributed by atoms with Crippen molar-refractivity contribution in [1.82, 2.24) is 0 Å². The highest BCUT2D eigenvalue weighted by Crippen LogP contribution is 2.20. The third kappa shape index (κ3) is 5.99. The first kappa shape index (κ1) is 19.6. The van der Waals surface area contributed by atoms with Gasteiger partial charge in [-0.05, 0) is 37.5 Å². The molecular weight excluding hydrogens is 308 g/mol. The van der Waals surface area contributed by atoms with Crippen molar-refractivity contribution in [2.24, 2.45) is 5.92 Å². The van der Waals surface area contributed by atoms with Crippen LogP contribution < -0.4 is 0 Å². The van der Waals surface area contributed by atoms with Gasteiger partial charge in [0.2, 0.25) is 0 Å². The van der Waals surface area contributed by atoms with Gasteiger partial charge in [-0.3, -0.25) is 14.4 Å². The van der Waals surface area contributed by atoms with Crippen molar-refractivity contribution >= 4 is 23.8 Å². The number of ketones is 1. The predicted molar refractivity (Wildman–Crippen MR) is 91.1 cm³/mol. The van der Waals surface area contributed by atoms with E-state index in [1.165, 1.54) is 0 Å². The molecule has 0 fully saturated rings. The lowest BCUT2D eigenvalue weighted by Crippen LogP contribution is -2.29. The lowest BCUT2D eigenvalue weighted by atomic mass is 9.94. The minimum absolute atomic E-state index is 0.0285. The number of ether oxygens (including phenoxy) is 2. The summed E-state index contributed by atoms with van der Waals surface area (Å²) in [7, 11) is 0. The predicted octanol–water partition coefficient (Wildman–Crippen LogP) is 3.18. The molecule has 0 N–H and O–H groups in total. The van der Waals surface area contributed by atoms with Crippen molar-refractivity contribution in [3.8, 4) is 0 Å². The molecule has 0 spiro atoms. The summed E-state index contributed by atoms with van der Waals surface area (Å²) in [6, 6.07) is 9.29.